The van der Waals surface area contributed by atoms with Crippen LogP contribution in [0.4, 0.5) is 5.69 Å². The number of nitrogens with one attached hydrogen (secondary N) is 1. The van der Waals surface area contributed by atoms with Crippen LogP contribution in [-0.4, -0.2) is 41.3 Å². The van der Waals surface area contributed by atoms with Gasteiger partial charge in [0.1, 0.15) is 0 Å². The summed E-state index contributed by atoms with van der Waals surface area (Å²) >= 11 is 0. The van der Waals surface area contributed by atoms with Gasteiger partial charge in [-0.05, 0) is 18.4 Å². The average Bonchev–Trinajstić information content (AvgIpc) is 2.48. The average molecular weight is 294 g/mol. The highest BCUT2D eigenvalue weighted by Crippen LogP contribution is 2.20. The SMILES string of the molecule is O=C(Cc1cccc([N+](=O)[O-])c1)NC1(CO)CCOCC1. The summed E-state index contributed by atoms with van der Waals surface area (Å²) in [6.07, 6.45) is 1.17. The first kappa shape index (κ1) is 15.4. The van der Waals surface area contributed by atoms with Crippen LogP contribution >= 0.6 is 0 Å². The van der Waals surface area contributed by atoms with Gasteiger partial charge in [0.25, 0.3) is 5.69 Å². The Bertz CT molecular complexity index is 526. The lowest BCUT2D eigenvalue weighted by Gasteiger charge is -2.36. The molecule has 0 saturated carbocycles. The summed E-state index contributed by atoms with van der Waals surface area (Å²) in [4.78, 5) is 22.3. The molecule has 0 atom stereocenters. The number of hydrogen-bond acceptors (Lipinski definition) is 5. The molecule has 1 fully saturated rings. The molecule has 1 aliphatic rings. The molecule has 1 aliphatic heterocycles. The lowest BCUT2D eigenvalue weighted by atomic mass is 9.90. The summed E-state index contributed by atoms with van der Waals surface area (Å²) in [5, 5.41) is 23.1. The number of nitrogens with zero attached hydrogens (tertiary/aromatic N) is 1. The number of amides is 1. The Morgan fingerprint density at radius 3 is 2.76 bits per heavy atom. The molecule has 0 spiro atoms. The highest BCUT2D eigenvalue weighted by atomic mass is 16.6. The zero-order valence-corrected chi connectivity index (χ0v) is 11.6. The van der Waals surface area contributed by atoms with E-state index >= 15 is 0 Å². The molecule has 0 aliphatic carbocycles. The summed E-state index contributed by atoms with van der Waals surface area (Å²) in [5.41, 5.74) is -0.110. The van der Waals surface area contributed by atoms with Crippen molar-refractivity contribution in [1.29, 1.82) is 0 Å². The van der Waals surface area contributed by atoms with Gasteiger partial charge in [-0.1, -0.05) is 12.1 Å². The predicted octanol–water partition coefficient (Wildman–Crippen LogP) is 0.795. The number of carbonyl (C=O) groups is 1. The van der Waals surface area contributed by atoms with Crippen molar-refractivity contribution in [3.05, 3.63) is 39.9 Å². The van der Waals surface area contributed by atoms with Crippen molar-refractivity contribution in [3.63, 3.8) is 0 Å². The molecular weight excluding hydrogens is 276 g/mol. The van der Waals surface area contributed by atoms with Crippen molar-refractivity contribution < 1.29 is 19.6 Å². The van der Waals surface area contributed by atoms with Crippen LogP contribution in [0.3, 0.4) is 0 Å². The second-order valence-corrected chi connectivity index (χ2v) is 5.20. The van der Waals surface area contributed by atoms with Gasteiger partial charge in [-0.2, -0.15) is 0 Å². The number of hydrogen-bond donors (Lipinski definition) is 2. The number of ether oxygens (including phenoxy) is 1. The summed E-state index contributed by atoms with van der Waals surface area (Å²) in [6.45, 7) is 0.854. The van der Waals surface area contributed by atoms with Crippen LogP contribution < -0.4 is 5.32 Å². The number of rotatable bonds is 5. The van der Waals surface area contributed by atoms with E-state index in [2.05, 4.69) is 5.32 Å². The first-order valence-electron chi connectivity index (χ1n) is 6.78. The summed E-state index contributed by atoms with van der Waals surface area (Å²) in [7, 11) is 0. The molecule has 1 amide bonds. The standard InChI is InChI=1S/C14H18N2O5/c17-10-14(4-6-21-7-5-14)15-13(18)9-11-2-1-3-12(8-11)16(19)20/h1-3,8,17H,4-7,9-10H2,(H,15,18). The van der Waals surface area contributed by atoms with Gasteiger partial charge in [0.05, 0.1) is 23.5 Å². The fraction of sp³-hybridized carbons (Fsp3) is 0.500. The maximum absolute atomic E-state index is 12.1. The maximum Gasteiger partial charge on any atom is 0.269 e. The lowest BCUT2D eigenvalue weighted by Crippen LogP contribution is -2.55. The molecule has 2 N–H and O–H groups in total. The number of aliphatic hydroxyl groups excluding tert-OH is 1. The summed E-state index contributed by atoms with van der Waals surface area (Å²) < 4.78 is 5.23. The van der Waals surface area contributed by atoms with Crippen molar-refractivity contribution in [3.8, 4) is 0 Å². The molecular formula is C14H18N2O5. The topological polar surface area (TPSA) is 102 Å². The Labute approximate surface area is 122 Å². The third kappa shape index (κ3) is 3.99. The first-order valence-corrected chi connectivity index (χ1v) is 6.78. The smallest absolute Gasteiger partial charge is 0.269 e. The Hall–Kier alpha value is -1.99. The first-order chi connectivity index (χ1) is 10.0. The van der Waals surface area contributed by atoms with E-state index in [0.29, 0.717) is 31.6 Å². The van der Waals surface area contributed by atoms with E-state index in [1.807, 2.05) is 0 Å². The Kier molecular flexibility index (Phi) is 4.87. The summed E-state index contributed by atoms with van der Waals surface area (Å²) in [5.74, 6) is -0.258. The highest BCUT2D eigenvalue weighted by Gasteiger charge is 2.33. The van der Waals surface area contributed by atoms with E-state index in [0.717, 1.165) is 0 Å². The van der Waals surface area contributed by atoms with Crippen LogP contribution in [0.5, 0.6) is 0 Å². The van der Waals surface area contributed by atoms with Gasteiger partial charge in [-0.3, -0.25) is 14.9 Å². The molecule has 0 bridgehead atoms. The van der Waals surface area contributed by atoms with Crippen molar-refractivity contribution in [2.24, 2.45) is 0 Å². The van der Waals surface area contributed by atoms with Crippen LogP contribution in [-0.2, 0) is 16.0 Å². The third-order valence-corrected chi connectivity index (χ3v) is 3.64. The van der Waals surface area contributed by atoms with Crippen LogP contribution in [0.1, 0.15) is 18.4 Å². The molecule has 1 saturated heterocycles. The monoisotopic (exact) mass is 294 g/mol. The minimum Gasteiger partial charge on any atom is -0.394 e. The molecule has 7 nitrogen and oxygen atoms in total. The molecule has 0 radical (unpaired) electrons. The molecule has 2 rings (SSSR count). The second kappa shape index (κ2) is 6.64. The minimum atomic E-state index is -0.643. The number of benzene rings is 1. The number of aliphatic hydroxyl groups is 1. The molecule has 114 valence electrons. The zero-order valence-electron chi connectivity index (χ0n) is 11.6. The molecule has 0 aromatic heterocycles. The normalized spacial score (nSPS) is 17.2. The molecule has 1 aromatic carbocycles. The van der Waals surface area contributed by atoms with Gasteiger partial charge in [0.15, 0.2) is 0 Å². The zero-order chi connectivity index (χ0) is 15.3. The second-order valence-electron chi connectivity index (χ2n) is 5.20. The minimum absolute atomic E-state index is 0.0387. The van der Waals surface area contributed by atoms with Gasteiger partial charge < -0.3 is 15.2 Å². The quantitative estimate of drug-likeness (QED) is 0.617. The molecule has 7 heteroatoms. The van der Waals surface area contributed by atoms with Crippen LogP contribution in [0.15, 0.2) is 24.3 Å². The number of non-ortho nitro benzene ring substituents is 1. The lowest BCUT2D eigenvalue weighted by molar-refractivity contribution is -0.384. The number of carbonyl (C=O) groups excluding carboxylic acids is 1. The van der Waals surface area contributed by atoms with Gasteiger partial charge in [-0.25, -0.2) is 0 Å². The van der Waals surface area contributed by atoms with Crippen LogP contribution in [0.2, 0.25) is 0 Å². The number of nitro groups is 1. The highest BCUT2D eigenvalue weighted by molar-refractivity contribution is 5.79. The van der Waals surface area contributed by atoms with Gasteiger partial charge in [-0.15, -0.1) is 0 Å². The van der Waals surface area contributed by atoms with Gasteiger partial charge >= 0.3 is 0 Å². The van der Waals surface area contributed by atoms with Crippen LogP contribution in [0, 0.1) is 10.1 Å². The van der Waals surface area contributed by atoms with E-state index in [-0.39, 0.29) is 24.6 Å². The van der Waals surface area contributed by atoms with Gasteiger partial charge in [0, 0.05) is 25.3 Å². The molecule has 1 heterocycles. The Balaban J connectivity index is 2.00. The van der Waals surface area contributed by atoms with Gasteiger partial charge in [0.2, 0.25) is 5.91 Å². The fourth-order valence-corrected chi connectivity index (χ4v) is 2.39. The Morgan fingerprint density at radius 1 is 1.43 bits per heavy atom. The fourth-order valence-electron chi connectivity index (χ4n) is 2.39. The van der Waals surface area contributed by atoms with E-state index in [9.17, 15) is 20.0 Å². The third-order valence-electron chi connectivity index (χ3n) is 3.64. The largest absolute Gasteiger partial charge is 0.394 e. The van der Waals surface area contributed by atoms with E-state index in [1.54, 1.807) is 12.1 Å². The molecule has 1 aromatic rings. The predicted molar refractivity (Wildman–Crippen MR) is 74.8 cm³/mol. The number of nitro benzene ring substituents is 1. The van der Waals surface area contributed by atoms with Crippen molar-refractivity contribution in [2.75, 3.05) is 19.8 Å². The van der Waals surface area contributed by atoms with E-state index in [1.165, 1.54) is 12.1 Å². The molecule has 0 unspecified atom stereocenters. The Morgan fingerprint density at radius 2 is 2.14 bits per heavy atom. The summed E-state index contributed by atoms with van der Waals surface area (Å²) in [6, 6.07) is 5.99. The van der Waals surface area contributed by atoms with Crippen molar-refractivity contribution >= 4 is 11.6 Å². The van der Waals surface area contributed by atoms with E-state index < -0.39 is 10.5 Å². The van der Waals surface area contributed by atoms with Crippen molar-refractivity contribution in [1.82, 2.24) is 5.32 Å². The van der Waals surface area contributed by atoms with E-state index in [4.69, 9.17) is 4.74 Å². The van der Waals surface area contributed by atoms with Crippen molar-refractivity contribution in [2.45, 2.75) is 24.8 Å². The molecule has 21 heavy (non-hydrogen) atoms. The van der Waals surface area contributed by atoms with Crippen LogP contribution in [0.25, 0.3) is 0 Å². The maximum atomic E-state index is 12.1.